The summed E-state index contributed by atoms with van der Waals surface area (Å²) in [7, 11) is 0. The number of aryl methyl sites for hydroxylation is 1. The summed E-state index contributed by atoms with van der Waals surface area (Å²) >= 11 is 6.25. The molecular weight excluding hydrogens is 196 g/mol. The van der Waals surface area contributed by atoms with Crippen molar-refractivity contribution in [3.05, 3.63) is 23.8 Å². The Morgan fingerprint density at radius 1 is 1.43 bits per heavy atom. The molecule has 1 heterocycles. The van der Waals surface area contributed by atoms with Gasteiger partial charge in [-0.3, -0.25) is 0 Å². The second-order valence-electron chi connectivity index (χ2n) is 3.91. The lowest BCUT2D eigenvalue weighted by Gasteiger charge is -2.07. The number of aromatic nitrogens is 2. The number of hydrogen-bond acceptors (Lipinski definition) is 2. The summed E-state index contributed by atoms with van der Waals surface area (Å²) in [5.41, 5.74) is 2.19. The van der Waals surface area contributed by atoms with Gasteiger partial charge in [0.25, 0.3) is 0 Å². The highest BCUT2D eigenvalue weighted by Gasteiger charge is 2.29. The van der Waals surface area contributed by atoms with Crippen molar-refractivity contribution in [2.24, 2.45) is 5.92 Å². The first kappa shape index (κ1) is 9.91. The first-order valence-electron chi connectivity index (χ1n) is 5.23. The van der Waals surface area contributed by atoms with Crippen LogP contribution in [0.4, 0.5) is 0 Å². The second kappa shape index (κ2) is 4.26. The minimum atomic E-state index is 0.273. The summed E-state index contributed by atoms with van der Waals surface area (Å²) < 4.78 is 0. The van der Waals surface area contributed by atoms with E-state index in [1.54, 1.807) is 6.33 Å². The van der Waals surface area contributed by atoms with Crippen LogP contribution >= 0.6 is 11.6 Å². The van der Waals surface area contributed by atoms with Crippen LogP contribution in [0.15, 0.2) is 12.4 Å². The molecule has 0 bridgehead atoms. The highest BCUT2D eigenvalue weighted by Crippen LogP contribution is 2.36. The molecule has 0 saturated heterocycles. The van der Waals surface area contributed by atoms with E-state index >= 15 is 0 Å². The van der Waals surface area contributed by atoms with Crippen LogP contribution in [-0.2, 0) is 12.8 Å². The van der Waals surface area contributed by atoms with Crippen molar-refractivity contribution >= 4 is 11.6 Å². The van der Waals surface area contributed by atoms with Gasteiger partial charge in [0.05, 0.1) is 0 Å². The molecule has 1 unspecified atom stereocenters. The zero-order valence-corrected chi connectivity index (χ0v) is 9.17. The van der Waals surface area contributed by atoms with Gasteiger partial charge in [0, 0.05) is 23.2 Å². The van der Waals surface area contributed by atoms with Gasteiger partial charge in [0.15, 0.2) is 0 Å². The third-order valence-electron chi connectivity index (χ3n) is 2.68. The van der Waals surface area contributed by atoms with E-state index in [2.05, 4.69) is 23.0 Å². The van der Waals surface area contributed by atoms with Gasteiger partial charge < -0.3 is 0 Å². The van der Waals surface area contributed by atoms with Crippen molar-refractivity contribution in [3.63, 3.8) is 0 Å². The van der Waals surface area contributed by atoms with Crippen LogP contribution in [0.5, 0.6) is 0 Å². The van der Waals surface area contributed by atoms with Gasteiger partial charge in [-0.2, -0.15) is 0 Å². The number of halogens is 1. The van der Waals surface area contributed by atoms with E-state index in [1.807, 2.05) is 0 Å². The van der Waals surface area contributed by atoms with Crippen LogP contribution in [-0.4, -0.2) is 15.3 Å². The predicted octanol–water partition coefficient (Wildman–Crippen LogP) is 2.60. The quantitative estimate of drug-likeness (QED) is 0.714. The maximum Gasteiger partial charge on any atom is 0.115 e. The zero-order valence-electron chi connectivity index (χ0n) is 8.41. The van der Waals surface area contributed by atoms with Crippen molar-refractivity contribution in [2.75, 3.05) is 0 Å². The van der Waals surface area contributed by atoms with Crippen LogP contribution in [0.25, 0.3) is 0 Å². The van der Waals surface area contributed by atoms with E-state index in [0.717, 1.165) is 30.1 Å². The van der Waals surface area contributed by atoms with Gasteiger partial charge in [-0.15, -0.1) is 11.6 Å². The van der Waals surface area contributed by atoms with Gasteiger partial charge in [0.1, 0.15) is 6.33 Å². The lowest BCUT2D eigenvalue weighted by molar-refractivity contribution is 0.720. The Hall–Kier alpha value is -0.630. The zero-order chi connectivity index (χ0) is 9.97. The molecule has 0 aliphatic heterocycles. The highest BCUT2D eigenvalue weighted by molar-refractivity contribution is 6.21. The number of alkyl halides is 1. The molecule has 1 atom stereocenters. The molecular formula is C11H15ClN2. The maximum atomic E-state index is 6.25. The van der Waals surface area contributed by atoms with E-state index in [0.29, 0.717) is 0 Å². The summed E-state index contributed by atoms with van der Waals surface area (Å²) in [6.45, 7) is 2.10. The molecule has 1 aliphatic rings. The Bertz CT molecular complexity index is 310. The van der Waals surface area contributed by atoms with E-state index in [9.17, 15) is 0 Å². The number of hydrogen-bond donors (Lipinski definition) is 0. The lowest BCUT2D eigenvalue weighted by atomic mass is 10.1. The Balaban J connectivity index is 2.00. The average molecular weight is 211 g/mol. The van der Waals surface area contributed by atoms with Gasteiger partial charge in [-0.1, -0.05) is 6.92 Å². The molecule has 1 aromatic rings. The molecule has 0 amide bonds. The number of rotatable bonds is 4. The molecule has 14 heavy (non-hydrogen) atoms. The van der Waals surface area contributed by atoms with Crippen molar-refractivity contribution < 1.29 is 0 Å². The molecule has 3 heteroatoms. The fraction of sp³-hybridized carbons (Fsp3) is 0.636. The highest BCUT2D eigenvalue weighted by atomic mass is 35.5. The molecule has 0 spiro atoms. The Morgan fingerprint density at radius 3 is 2.79 bits per heavy atom. The van der Waals surface area contributed by atoms with Crippen molar-refractivity contribution in [1.82, 2.24) is 9.97 Å². The largest absolute Gasteiger partial charge is 0.241 e. The summed E-state index contributed by atoms with van der Waals surface area (Å²) in [5.74, 6) is 0.733. The third kappa shape index (κ3) is 2.44. The van der Waals surface area contributed by atoms with Crippen LogP contribution in [0, 0.1) is 5.92 Å². The summed E-state index contributed by atoms with van der Waals surface area (Å²) in [6.07, 6.45) is 6.08. The lowest BCUT2D eigenvalue weighted by Crippen LogP contribution is -2.07. The Morgan fingerprint density at radius 2 is 2.14 bits per heavy atom. The van der Waals surface area contributed by atoms with Crippen LogP contribution in [0.3, 0.4) is 0 Å². The average Bonchev–Trinajstić information content (AvgIpc) is 3.01. The molecule has 2 rings (SSSR count). The standard InChI is InChI=1S/C11H15ClN2/c1-2-9-5-10(14-7-13-9)6-11(12)8-3-4-8/h5,7-8,11H,2-4,6H2,1H3. The van der Waals surface area contributed by atoms with Crippen molar-refractivity contribution in [2.45, 2.75) is 38.0 Å². The fourth-order valence-electron chi connectivity index (χ4n) is 1.57. The summed E-state index contributed by atoms with van der Waals surface area (Å²) in [6, 6.07) is 2.07. The minimum absolute atomic E-state index is 0.273. The SMILES string of the molecule is CCc1cc(CC(Cl)C2CC2)ncn1. The molecule has 2 nitrogen and oxygen atoms in total. The molecule has 1 aromatic heterocycles. The Kier molecular flexibility index (Phi) is 3.02. The molecule has 1 aliphatic carbocycles. The fourth-order valence-corrected chi connectivity index (χ4v) is 1.98. The molecule has 0 aromatic carbocycles. The van der Waals surface area contributed by atoms with Gasteiger partial charge >= 0.3 is 0 Å². The molecule has 1 saturated carbocycles. The molecule has 0 N–H and O–H groups in total. The van der Waals surface area contributed by atoms with Crippen molar-refractivity contribution in [1.29, 1.82) is 0 Å². The molecule has 0 radical (unpaired) electrons. The van der Waals surface area contributed by atoms with Gasteiger partial charge in [-0.05, 0) is 31.2 Å². The van der Waals surface area contributed by atoms with E-state index in [4.69, 9.17) is 11.6 Å². The van der Waals surface area contributed by atoms with E-state index in [-0.39, 0.29) is 5.38 Å². The van der Waals surface area contributed by atoms with Crippen LogP contribution < -0.4 is 0 Å². The topological polar surface area (TPSA) is 25.8 Å². The smallest absolute Gasteiger partial charge is 0.115 e. The number of nitrogens with zero attached hydrogens (tertiary/aromatic N) is 2. The Labute approximate surface area is 89.7 Å². The minimum Gasteiger partial charge on any atom is -0.241 e. The summed E-state index contributed by atoms with van der Waals surface area (Å²) in [4.78, 5) is 8.41. The van der Waals surface area contributed by atoms with Gasteiger partial charge in [0.2, 0.25) is 0 Å². The van der Waals surface area contributed by atoms with E-state index in [1.165, 1.54) is 12.8 Å². The van der Waals surface area contributed by atoms with Crippen LogP contribution in [0.2, 0.25) is 0 Å². The molecule has 1 fully saturated rings. The molecule has 76 valence electrons. The summed E-state index contributed by atoms with van der Waals surface area (Å²) in [5, 5.41) is 0.273. The van der Waals surface area contributed by atoms with E-state index < -0.39 is 0 Å². The van der Waals surface area contributed by atoms with Crippen molar-refractivity contribution in [3.8, 4) is 0 Å². The normalized spacial score (nSPS) is 18.1. The first-order chi connectivity index (χ1) is 6.79. The third-order valence-corrected chi connectivity index (χ3v) is 3.19. The van der Waals surface area contributed by atoms with Gasteiger partial charge in [-0.25, -0.2) is 9.97 Å². The van der Waals surface area contributed by atoms with Crippen LogP contribution in [0.1, 0.15) is 31.2 Å². The second-order valence-corrected chi connectivity index (χ2v) is 4.47. The maximum absolute atomic E-state index is 6.25. The predicted molar refractivity (Wildman–Crippen MR) is 57.5 cm³/mol. The first-order valence-corrected chi connectivity index (χ1v) is 5.67. The monoisotopic (exact) mass is 210 g/mol.